The van der Waals surface area contributed by atoms with Gasteiger partial charge in [-0.25, -0.2) is 8.42 Å². The fourth-order valence-corrected chi connectivity index (χ4v) is 4.76. The van der Waals surface area contributed by atoms with Crippen LogP contribution in [0.5, 0.6) is 0 Å². The first-order valence-electron chi connectivity index (χ1n) is 8.79. The quantitative estimate of drug-likeness (QED) is 0.700. The number of aromatic amines is 1. The second-order valence-corrected chi connectivity index (χ2v) is 8.52. The van der Waals surface area contributed by atoms with E-state index >= 15 is 0 Å². The fourth-order valence-electron chi connectivity index (χ4n) is 3.28. The molecule has 1 aliphatic heterocycles. The number of rotatable bonds is 6. The number of pyridine rings is 1. The maximum atomic E-state index is 13.3. The van der Waals surface area contributed by atoms with Gasteiger partial charge in [0.1, 0.15) is 5.76 Å². The molecule has 1 aromatic carbocycles. The topological polar surface area (TPSA) is 92.6 Å². The first kappa shape index (κ1) is 18.0. The van der Waals surface area contributed by atoms with E-state index in [1.54, 1.807) is 30.3 Å². The Labute approximate surface area is 156 Å². The summed E-state index contributed by atoms with van der Waals surface area (Å²) in [5.41, 5.74) is 0.370. The van der Waals surface area contributed by atoms with Crippen LogP contribution in [0.2, 0.25) is 0 Å². The van der Waals surface area contributed by atoms with E-state index in [0.717, 1.165) is 12.8 Å². The number of H-pyrrole nitrogens is 1. The average molecular weight is 388 g/mol. The molecule has 0 radical (unpaired) electrons. The summed E-state index contributed by atoms with van der Waals surface area (Å²) in [5, 5.41) is 0.658. The first-order valence-corrected chi connectivity index (χ1v) is 10.2. The molecule has 0 saturated carbocycles. The maximum absolute atomic E-state index is 13.3. The maximum Gasteiger partial charge on any atom is 0.248 e. The molecule has 4 rings (SSSR count). The van der Waals surface area contributed by atoms with Crippen LogP contribution in [0.25, 0.3) is 10.9 Å². The molecule has 0 spiro atoms. The average Bonchev–Trinajstić information content (AvgIpc) is 3.34. The van der Waals surface area contributed by atoms with Crippen molar-refractivity contribution in [3.8, 4) is 0 Å². The summed E-state index contributed by atoms with van der Waals surface area (Å²) in [6.45, 7) is 1.06. The van der Waals surface area contributed by atoms with E-state index in [1.165, 1.54) is 22.7 Å². The second-order valence-electron chi connectivity index (χ2n) is 6.58. The molecule has 1 aliphatic rings. The standard InChI is InChI=1S/C19H20N2O5S/c22-19-8-5-14-11-17(6-7-18(14)20-19)27(23,24)21(12-15-3-1-9-25-15)13-16-4-2-10-26-16/h1,3,5-9,11,16H,2,4,10,12-13H2,(H,20,22)/t16-/m0/s1. The van der Waals surface area contributed by atoms with Crippen LogP contribution in [0.4, 0.5) is 0 Å². The minimum absolute atomic E-state index is 0.119. The van der Waals surface area contributed by atoms with Gasteiger partial charge < -0.3 is 14.1 Å². The zero-order chi connectivity index (χ0) is 18.9. The Balaban J connectivity index is 1.69. The van der Waals surface area contributed by atoms with Crippen LogP contribution >= 0.6 is 0 Å². The third-order valence-corrected chi connectivity index (χ3v) is 6.48. The van der Waals surface area contributed by atoms with Crippen LogP contribution in [0.15, 0.2) is 62.8 Å². The van der Waals surface area contributed by atoms with Crippen molar-refractivity contribution in [2.75, 3.05) is 13.2 Å². The van der Waals surface area contributed by atoms with E-state index in [1.807, 2.05) is 0 Å². The van der Waals surface area contributed by atoms with Gasteiger partial charge in [-0.3, -0.25) is 4.79 Å². The molecule has 1 fully saturated rings. The van der Waals surface area contributed by atoms with Crippen molar-refractivity contribution in [1.29, 1.82) is 0 Å². The lowest BCUT2D eigenvalue weighted by atomic mass is 10.2. The monoisotopic (exact) mass is 388 g/mol. The SMILES string of the molecule is O=c1ccc2cc(S(=O)(=O)N(Cc3ccco3)C[C@@H]3CCCO3)ccc2[nH]1. The summed E-state index contributed by atoms with van der Waals surface area (Å²) in [5.74, 6) is 0.571. The third kappa shape index (κ3) is 3.83. The van der Waals surface area contributed by atoms with Gasteiger partial charge in [-0.2, -0.15) is 4.31 Å². The van der Waals surface area contributed by atoms with Crippen LogP contribution in [-0.4, -0.2) is 37.0 Å². The van der Waals surface area contributed by atoms with Gasteiger partial charge in [-0.1, -0.05) is 0 Å². The smallest absolute Gasteiger partial charge is 0.248 e. The normalized spacial score (nSPS) is 17.7. The van der Waals surface area contributed by atoms with Crippen LogP contribution in [0.3, 0.4) is 0 Å². The highest BCUT2D eigenvalue weighted by molar-refractivity contribution is 7.89. The molecule has 1 saturated heterocycles. The van der Waals surface area contributed by atoms with Crippen molar-refractivity contribution >= 4 is 20.9 Å². The van der Waals surface area contributed by atoms with E-state index < -0.39 is 10.0 Å². The molecule has 7 nitrogen and oxygen atoms in total. The molecule has 1 N–H and O–H groups in total. The number of nitrogens with one attached hydrogen (secondary N) is 1. The van der Waals surface area contributed by atoms with Gasteiger partial charge >= 0.3 is 0 Å². The lowest BCUT2D eigenvalue weighted by molar-refractivity contribution is 0.0914. The molecule has 0 amide bonds. The van der Waals surface area contributed by atoms with Gasteiger partial charge in [0.2, 0.25) is 15.6 Å². The summed E-state index contributed by atoms with van der Waals surface area (Å²) in [4.78, 5) is 14.3. The van der Waals surface area contributed by atoms with Crippen LogP contribution < -0.4 is 5.56 Å². The van der Waals surface area contributed by atoms with Gasteiger partial charge in [-0.15, -0.1) is 0 Å². The van der Waals surface area contributed by atoms with Gasteiger partial charge in [-0.05, 0) is 54.6 Å². The number of ether oxygens (including phenoxy) is 1. The molecule has 0 aliphatic carbocycles. The van der Waals surface area contributed by atoms with Crippen molar-refractivity contribution in [1.82, 2.24) is 9.29 Å². The van der Waals surface area contributed by atoms with Crippen molar-refractivity contribution in [3.05, 3.63) is 64.8 Å². The lowest BCUT2D eigenvalue weighted by Crippen LogP contribution is -2.36. The minimum Gasteiger partial charge on any atom is -0.468 e. The minimum atomic E-state index is -3.76. The summed E-state index contributed by atoms with van der Waals surface area (Å²) < 4.78 is 39.0. The number of furan rings is 1. The molecule has 2 aromatic heterocycles. The molecular weight excluding hydrogens is 368 g/mol. The summed E-state index contributed by atoms with van der Waals surface area (Å²) in [6.07, 6.45) is 3.18. The number of hydrogen-bond acceptors (Lipinski definition) is 5. The highest BCUT2D eigenvalue weighted by Crippen LogP contribution is 2.24. The largest absolute Gasteiger partial charge is 0.468 e. The zero-order valence-electron chi connectivity index (χ0n) is 14.6. The molecule has 3 aromatic rings. The highest BCUT2D eigenvalue weighted by Gasteiger charge is 2.30. The van der Waals surface area contributed by atoms with E-state index in [0.29, 0.717) is 23.3 Å². The molecular formula is C19H20N2O5S. The number of fused-ring (bicyclic) bond motifs is 1. The van der Waals surface area contributed by atoms with Gasteiger partial charge in [0.05, 0.1) is 23.8 Å². The lowest BCUT2D eigenvalue weighted by Gasteiger charge is -2.24. The summed E-state index contributed by atoms with van der Waals surface area (Å²) in [6, 6.07) is 11.2. The van der Waals surface area contributed by atoms with E-state index in [-0.39, 0.29) is 29.6 Å². The molecule has 27 heavy (non-hydrogen) atoms. The Bertz CT molecular complexity index is 1080. The number of nitrogens with zero attached hydrogens (tertiary/aromatic N) is 1. The van der Waals surface area contributed by atoms with Crippen molar-refractivity contribution in [3.63, 3.8) is 0 Å². The van der Waals surface area contributed by atoms with Gasteiger partial charge in [0.25, 0.3) is 0 Å². The number of sulfonamides is 1. The van der Waals surface area contributed by atoms with Crippen LogP contribution in [-0.2, 0) is 21.3 Å². The van der Waals surface area contributed by atoms with Crippen molar-refractivity contribution in [2.45, 2.75) is 30.4 Å². The predicted octanol–water partition coefficient (Wildman–Crippen LogP) is 2.49. The fraction of sp³-hybridized carbons (Fsp3) is 0.316. The molecule has 0 unspecified atom stereocenters. The molecule has 8 heteroatoms. The summed E-state index contributed by atoms with van der Waals surface area (Å²) >= 11 is 0. The number of hydrogen-bond donors (Lipinski definition) is 1. The van der Waals surface area contributed by atoms with E-state index in [9.17, 15) is 13.2 Å². The van der Waals surface area contributed by atoms with Crippen molar-refractivity contribution in [2.24, 2.45) is 0 Å². The number of aromatic nitrogens is 1. The van der Waals surface area contributed by atoms with Crippen molar-refractivity contribution < 1.29 is 17.6 Å². The van der Waals surface area contributed by atoms with E-state index in [4.69, 9.17) is 9.15 Å². The first-order chi connectivity index (χ1) is 13.0. The Kier molecular flexibility index (Phi) is 4.86. The Hall–Kier alpha value is -2.42. The highest BCUT2D eigenvalue weighted by atomic mass is 32.2. The van der Waals surface area contributed by atoms with Gasteiger partial charge in [0, 0.05) is 24.7 Å². The molecule has 3 heterocycles. The Morgan fingerprint density at radius 2 is 2.07 bits per heavy atom. The Morgan fingerprint density at radius 1 is 1.19 bits per heavy atom. The van der Waals surface area contributed by atoms with Gasteiger partial charge in [0.15, 0.2) is 0 Å². The van der Waals surface area contributed by atoms with E-state index in [2.05, 4.69) is 4.98 Å². The van der Waals surface area contributed by atoms with Crippen LogP contribution in [0.1, 0.15) is 18.6 Å². The third-order valence-electron chi connectivity index (χ3n) is 4.68. The number of benzene rings is 1. The van der Waals surface area contributed by atoms with Crippen LogP contribution in [0, 0.1) is 0 Å². The summed E-state index contributed by atoms with van der Waals surface area (Å²) in [7, 11) is -3.76. The predicted molar refractivity (Wildman–Crippen MR) is 99.8 cm³/mol. The second kappa shape index (κ2) is 7.30. The Morgan fingerprint density at radius 3 is 2.81 bits per heavy atom. The molecule has 1 atom stereocenters. The molecule has 0 bridgehead atoms. The molecule has 142 valence electrons. The zero-order valence-corrected chi connectivity index (χ0v) is 15.4.